The number of carbonyl (C=O) groups is 1. The topological polar surface area (TPSA) is 26.3 Å². The number of esters is 1. The van der Waals surface area contributed by atoms with Gasteiger partial charge < -0.3 is 4.74 Å². The normalized spacial score (nSPS) is 27.5. The standard InChI is InChI=1S/C8H12O2/c1-8(2,3)6-4-5-10-7(6)9/h4H,5H2,1-3H3/i5D. The van der Waals surface area contributed by atoms with Crippen molar-refractivity contribution in [1.82, 2.24) is 0 Å². The summed E-state index contributed by atoms with van der Waals surface area (Å²) in [4.78, 5) is 11.0. The first-order valence-electron chi connectivity index (χ1n) is 3.84. The Morgan fingerprint density at radius 2 is 2.30 bits per heavy atom. The van der Waals surface area contributed by atoms with Crippen LogP contribution in [-0.2, 0) is 9.53 Å². The molecule has 0 saturated heterocycles. The highest BCUT2D eigenvalue weighted by Crippen LogP contribution is 2.28. The molecule has 1 aliphatic heterocycles. The monoisotopic (exact) mass is 141 g/mol. The third-order valence-electron chi connectivity index (χ3n) is 1.44. The fraction of sp³-hybridized carbons (Fsp3) is 0.625. The maximum Gasteiger partial charge on any atom is 0.334 e. The summed E-state index contributed by atoms with van der Waals surface area (Å²) >= 11 is 0. The Morgan fingerprint density at radius 3 is 2.50 bits per heavy atom. The van der Waals surface area contributed by atoms with Gasteiger partial charge in [0.05, 0.1) is 1.37 Å². The minimum atomic E-state index is -0.795. The molecule has 1 atom stereocenters. The molecule has 0 spiro atoms. The second-order valence-corrected chi connectivity index (χ2v) is 3.37. The number of ether oxygens (including phenoxy) is 1. The van der Waals surface area contributed by atoms with E-state index in [0.717, 1.165) is 0 Å². The van der Waals surface area contributed by atoms with Crippen LogP contribution in [0.2, 0.25) is 0 Å². The van der Waals surface area contributed by atoms with E-state index >= 15 is 0 Å². The number of hydrogen-bond acceptors (Lipinski definition) is 2. The number of cyclic esters (lactones) is 1. The van der Waals surface area contributed by atoms with E-state index in [9.17, 15) is 4.79 Å². The average Bonchev–Trinajstić information content (AvgIpc) is 2.08. The fourth-order valence-corrected chi connectivity index (χ4v) is 0.852. The molecule has 0 aromatic rings. The SMILES string of the molecule is [2H]C1C=C(C(C)(C)C)C(=O)O1. The third kappa shape index (κ3) is 1.20. The lowest BCUT2D eigenvalue weighted by Gasteiger charge is -2.16. The Balaban J connectivity index is 2.88. The first-order valence-corrected chi connectivity index (χ1v) is 3.27. The minimum Gasteiger partial charge on any atom is -0.458 e. The van der Waals surface area contributed by atoms with Crippen LogP contribution >= 0.6 is 0 Å². The summed E-state index contributed by atoms with van der Waals surface area (Å²) in [7, 11) is 0. The molecule has 1 rings (SSSR count). The van der Waals surface area contributed by atoms with Gasteiger partial charge in [0.1, 0.15) is 6.58 Å². The van der Waals surface area contributed by atoms with Crippen molar-refractivity contribution in [2.75, 3.05) is 6.58 Å². The molecular weight excluding hydrogens is 128 g/mol. The van der Waals surface area contributed by atoms with Gasteiger partial charge >= 0.3 is 5.97 Å². The molecule has 56 valence electrons. The van der Waals surface area contributed by atoms with Gasteiger partial charge in [-0.3, -0.25) is 0 Å². The molecular formula is C8H12O2. The van der Waals surface area contributed by atoms with Crippen LogP contribution in [-0.4, -0.2) is 12.6 Å². The van der Waals surface area contributed by atoms with Crippen LogP contribution in [0.1, 0.15) is 22.1 Å². The first kappa shape index (κ1) is 5.96. The van der Waals surface area contributed by atoms with E-state index in [-0.39, 0.29) is 11.4 Å². The molecule has 0 N–H and O–H groups in total. The average molecular weight is 141 g/mol. The molecule has 0 aliphatic carbocycles. The van der Waals surface area contributed by atoms with Crippen molar-refractivity contribution in [3.63, 3.8) is 0 Å². The Hall–Kier alpha value is -0.790. The second kappa shape index (κ2) is 2.11. The van der Waals surface area contributed by atoms with E-state index in [1.165, 1.54) is 0 Å². The molecule has 0 bridgehead atoms. The molecule has 1 heterocycles. The Morgan fingerprint density at radius 1 is 1.70 bits per heavy atom. The largest absolute Gasteiger partial charge is 0.458 e. The number of carbonyl (C=O) groups excluding carboxylic acids is 1. The fourth-order valence-electron chi connectivity index (χ4n) is 0.852. The van der Waals surface area contributed by atoms with Gasteiger partial charge in [-0.25, -0.2) is 4.79 Å². The van der Waals surface area contributed by atoms with Gasteiger partial charge in [-0.1, -0.05) is 20.8 Å². The van der Waals surface area contributed by atoms with E-state index in [1.54, 1.807) is 6.08 Å². The zero-order chi connectivity index (χ0) is 8.65. The lowest BCUT2D eigenvalue weighted by molar-refractivity contribution is -0.136. The molecule has 2 heteroatoms. The smallest absolute Gasteiger partial charge is 0.334 e. The predicted octanol–water partition coefficient (Wildman–Crippen LogP) is 1.52. The molecule has 0 aromatic heterocycles. The Bertz CT molecular complexity index is 213. The van der Waals surface area contributed by atoms with E-state index in [0.29, 0.717) is 5.57 Å². The molecule has 0 fully saturated rings. The van der Waals surface area contributed by atoms with E-state index in [1.807, 2.05) is 20.8 Å². The van der Waals surface area contributed by atoms with Crippen molar-refractivity contribution >= 4 is 5.97 Å². The molecule has 1 unspecified atom stereocenters. The molecule has 2 nitrogen and oxygen atoms in total. The van der Waals surface area contributed by atoms with Crippen molar-refractivity contribution in [3.05, 3.63) is 11.6 Å². The quantitative estimate of drug-likeness (QED) is 0.478. The van der Waals surface area contributed by atoms with Crippen LogP contribution in [0.15, 0.2) is 11.6 Å². The number of rotatable bonds is 0. The number of hydrogen-bond donors (Lipinski definition) is 0. The first-order chi connectivity index (χ1) is 4.91. The lowest BCUT2D eigenvalue weighted by Crippen LogP contribution is -2.15. The van der Waals surface area contributed by atoms with Gasteiger partial charge in [-0.05, 0) is 11.5 Å². The maximum atomic E-state index is 11.0. The van der Waals surface area contributed by atoms with Crippen molar-refractivity contribution < 1.29 is 10.9 Å². The van der Waals surface area contributed by atoms with Crippen LogP contribution in [0.25, 0.3) is 0 Å². The molecule has 0 aromatic carbocycles. The molecule has 10 heavy (non-hydrogen) atoms. The summed E-state index contributed by atoms with van der Waals surface area (Å²) in [5.74, 6) is -0.350. The van der Waals surface area contributed by atoms with Gasteiger partial charge in [0.25, 0.3) is 0 Å². The summed E-state index contributed by atoms with van der Waals surface area (Å²) in [5, 5.41) is 0. The highest BCUT2D eigenvalue weighted by molar-refractivity contribution is 5.91. The van der Waals surface area contributed by atoms with Crippen LogP contribution in [0.5, 0.6) is 0 Å². The highest BCUT2D eigenvalue weighted by atomic mass is 16.5. The van der Waals surface area contributed by atoms with Crippen LogP contribution in [0, 0.1) is 5.41 Å². The summed E-state index contributed by atoms with van der Waals surface area (Å²) in [6, 6.07) is 0. The van der Waals surface area contributed by atoms with Gasteiger partial charge in [0.2, 0.25) is 0 Å². The van der Waals surface area contributed by atoms with Gasteiger partial charge in [0, 0.05) is 5.57 Å². The summed E-state index contributed by atoms with van der Waals surface area (Å²) in [6.07, 6.45) is 1.56. The third-order valence-corrected chi connectivity index (χ3v) is 1.44. The van der Waals surface area contributed by atoms with E-state index in [4.69, 9.17) is 1.37 Å². The molecule has 0 saturated carbocycles. The van der Waals surface area contributed by atoms with Crippen molar-refractivity contribution in [1.29, 1.82) is 0 Å². The van der Waals surface area contributed by atoms with Crippen molar-refractivity contribution in [3.8, 4) is 0 Å². The van der Waals surface area contributed by atoms with E-state index in [2.05, 4.69) is 4.74 Å². The predicted molar refractivity (Wildman–Crippen MR) is 38.5 cm³/mol. The zero-order valence-corrected chi connectivity index (χ0v) is 6.47. The summed E-state index contributed by atoms with van der Waals surface area (Å²) in [6.45, 7) is 4.99. The molecule has 0 radical (unpaired) electrons. The van der Waals surface area contributed by atoms with Crippen molar-refractivity contribution in [2.24, 2.45) is 5.41 Å². The molecule has 1 aliphatic rings. The second-order valence-electron chi connectivity index (χ2n) is 3.37. The summed E-state index contributed by atoms with van der Waals surface area (Å²) in [5.41, 5.74) is 0.407. The minimum absolute atomic E-state index is 0.202. The summed E-state index contributed by atoms with van der Waals surface area (Å²) < 4.78 is 11.8. The van der Waals surface area contributed by atoms with Gasteiger partial charge in [-0.2, -0.15) is 0 Å². The Labute approximate surface area is 62.3 Å². The van der Waals surface area contributed by atoms with Crippen molar-refractivity contribution in [2.45, 2.75) is 20.8 Å². The van der Waals surface area contributed by atoms with Gasteiger partial charge in [0.15, 0.2) is 0 Å². The Kier molecular flexibility index (Phi) is 1.26. The zero-order valence-electron chi connectivity index (χ0n) is 7.47. The van der Waals surface area contributed by atoms with Gasteiger partial charge in [-0.15, -0.1) is 0 Å². The lowest BCUT2D eigenvalue weighted by atomic mass is 9.87. The van der Waals surface area contributed by atoms with Crippen LogP contribution in [0.3, 0.4) is 0 Å². The van der Waals surface area contributed by atoms with Crippen LogP contribution in [0.4, 0.5) is 0 Å². The highest BCUT2D eigenvalue weighted by Gasteiger charge is 2.27. The molecule has 0 amide bonds. The maximum absolute atomic E-state index is 11.0. The van der Waals surface area contributed by atoms with E-state index < -0.39 is 6.58 Å². The van der Waals surface area contributed by atoms with Crippen LogP contribution < -0.4 is 0 Å².